The number of anilines is 1. The lowest BCUT2D eigenvalue weighted by atomic mass is 10.1. The van der Waals surface area contributed by atoms with Crippen molar-refractivity contribution in [3.05, 3.63) is 77.1 Å². The van der Waals surface area contributed by atoms with E-state index in [1.165, 1.54) is 30.3 Å². The Balaban J connectivity index is 1.37. The van der Waals surface area contributed by atoms with E-state index >= 15 is 0 Å². The summed E-state index contributed by atoms with van der Waals surface area (Å²) in [7, 11) is 1.84. The molecule has 0 spiro atoms. The molecule has 4 aromatic rings. The molecule has 1 saturated heterocycles. The number of benzene rings is 2. The van der Waals surface area contributed by atoms with Crippen LogP contribution < -0.4 is 10.5 Å². The molecule has 0 atom stereocenters. The minimum atomic E-state index is -0.135. The monoisotopic (exact) mass is 488 g/mol. The van der Waals surface area contributed by atoms with Gasteiger partial charge < -0.3 is 9.80 Å². The van der Waals surface area contributed by atoms with Crippen molar-refractivity contribution in [3.8, 4) is 0 Å². The van der Waals surface area contributed by atoms with Gasteiger partial charge in [-0.15, -0.1) is 16.8 Å². The summed E-state index contributed by atoms with van der Waals surface area (Å²) < 4.78 is 3.40. The van der Waals surface area contributed by atoms with E-state index in [2.05, 4.69) is 39.9 Å². The molecule has 35 heavy (non-hydrogen) atoms. The molecule has 0 unspecified atom stereocenters. The first-order valence-electron chi connectivity index (χ1n) is 11.8. The summed E-state index contributed by atoms with van der Waals surface area (Å²) in [5.41, 5.74) is 2.96. The van der Waals surface area contributed by atoms with E-state index in [4.69, 9.17) is 0 Å². The molecule has 3 heterocycles. The van der Waals surface area contributed by atoms with Crippen molar-refractivity contribution in [1.82, 2.24) is 24.1 Å². The van der Waals surface area contributed by atoms with Crippen LogP contribution in [0.1, 0.15) is 18.4 Å². The highest BCUT2D eigenvalue weighted by atomic mass is 32.2. The number of carbonyl (C=O) groups is 1. The summed E-state index contributed by atoms with van der Waals surface area (Å²) in [6.45, 7) is 6.77. The Morgan fingerprint density at radius 3 is 2.66 bits per heavy atom. The number of nitrogens with zero attached hydrogens (tertiary/aromatic N) is 6. The standard InChI is InChI=1S/C26H28N6O2S/c1-3-14-31-24(34)20-11-5-7-13-22(20)32-25(31)27-28-26(32)35-18-23(33)29(2)17-19-10-4-6-12-21(19)30-15-8-9-16-30/h3-7,10-13H,1,8-9,14-18H2,2H3. The molecule has 5 rings (SSSR count). The summed E-state index contributed by atoms with van der Waals surface area (Å²) in [4.78, 5) is 30.2. The Morgan fingerprint density at radius 2 is 1.86 bits per heavy atom. The maximum absolute atomic E-state index is 13.1. The van der Waals surface area contributed by atoms with Gasteiger partial charge in [-0.2, -0.15) is 0 Å². The van der Waals surface area contributed by atoms with Crippen molar-refractivity contribution in [2.24, 2.45) is 0 Å². The molecule has 0 radical (unpaired) electrons. The highest BCUT2D eigenvalue weighted by Gasteiger charge is 2.20. The van der Waals surface area contributed by atoms with Crippen LogP contribution in [-0.2, 0) is 17.9 Å². The molecule has 9 heteroatoms. The Hall–Kier alpha value is -3.59. The molecular formula is C26H28N6O2S. The Morgan fingerprint density at radius 1 is 1.11 bits per heavy atom. The van der Waals surface area contributed by atoms with Crippen LogP contribution in [0.25, 0.3) is 16.7 Å². The van der Waals surface area contributed by atoms with E-state index in [1.54, 1.807) is 21.6 Å². The van der Waals surface area contributed by atoms with Crippen LogP contribution in [0.3, 0.4) is 0 Å². The fraction of sp³-hybridized carbons (Fsp3) is 0.308. The number of allylic oxidation sites excluding steroid dienone is 1. The molecule has 180 valence electrons. The van der Waals surface area contributed by atoms with Crippen LogP contribution in [0.15, 0.2) is 71.1 Å². The van der Waals surface area contributed by atoms with E-state index in [1.807, 2.05) is 35.7 Å². The second-order valence-corrected chi connectivity index (χ2v) is 9.64. The average molecular weight is 489 g/mol. The number of carbonyl (C=O) groups excluding carboxylic acids is 1. The van der Waals surface area contributed by atoms with Gasteiger partial charge in [0.2, 0.25) is 11.7 Å². The Bertz CT molecular complexity index is 1450. The number of fused-ring (bicyclic) bond motifs is 3. The molecule has 0 aliphatic carbocycles. The van der Waals surface area contributed by atoms with Crippen molar-refractivity contribution >= 4 is 40.0 Å². The van der Waals surface area contributed by atoms with Crippen LogP contribution in [0, 0.1) is 0 Å². The normalized spacial score (nSPS) is 13.6. The summed E-state index contributed by atoms with van der Waals surface area (Å²) in [6, 6.07) is 15.7. The molecule has 1 amide bonds. The second kappa shape index (κ2) is 9.95. The third kappa shape index (κ3) is 4.43. The zero-order valence-electron chi connectivity index (χ0n) is 19.8. The van der Waals surface area contributed by atoms with Crippen LogP contribution in [0.2, 0.25) is 0 Å². The van der Waals surface area contributed by atoms with E-state index in [0.29, 0.717) is 29.4 Å². The minimum absolute atomic E-state index is 0.00620. The third-order valence-corrected chi connectivity index (χ3v) is 7.30. The molecule has 1 aliphatic rings. The summed E-state index contributed by atoms with van der Waals surface area (Å²) in [6.07, 6.45) is 4.08. The topological polar surface area (TPSA) is 75.7 Å². The van der Waals surface area contributed by atoms with Gasteiger partial charge in [-0.05, 0) is 36.6 Å². The number of thioether (sulfide) groups is 1. The molecule has 1 aliphatic heterocycles. The van der Waals surface area contributed by atoms with E-state index in [-0.39, 0.29) is 17.2 Å². The Kier molecular flexibility index (Phi) is 6.59. The van der Waals surface area contributed by atoms with Gasteiger partial charge in [0.1, 0.15) is 0 Å². The van der Waals surface area contributed by atoms with Gasteiger partial charge in [-0.1, -0.05) is 48.2 Å². The van der Waals surface area contributed by atoms with E-state index in [0.717, 1.165) is 24.2 Å². The number of rotatable bonds is 8. The first-order valence-corrected chi connectivity index (χ1v) is 12.7. The number of hydrogen-bond donors (Lipinski definition) is 0. The van der Waals surface area contributed by atoms with Gasteiger partial charge in [-0.3, -0.25) is 18.6 Å². The van der Waals surface area contributed by atoms with Gasteiger partial charge in [-0.25, -0.2) is 0 Å². The number of hydrogen-bond acceptors (Lipinski definition) is 6. The number of amides is 1. The van der Waals surface area contributed by atoms with Crippen molar-refractivity contribution < 1.29 is 4.79 Å². The number of para-hydroxylation sites is 2. The van der Waals surface area contributed by atoms with E-state index < -0.39 is 0 Å². The minimum Gasteiger partial charge on any atom is -0.371 e. The second-order valence-electron chi connectivity index (χ2n) is 8.70. The fourth-order valence-corrected chi connectivity index (χ4v) is 5.49. The van der Waals surface area contributed by atoms with Crippen LogP contribution in [0.5, 0.6) is 0 Å². The first-order chi connectivity index (χ1) is 17.1. The number of aromatic nitrogens is 4. The molecular weight excluding hydrogens is 460 g/mol. The lowest BCUT2D eigenvalue weighted by molar-refractivity contribution is -0.127. The maximum Gasteiger partial charge on any atom is 0.263 e. The van der Waals surface area contributed by atoms with Crippen molar-refractivity contribution in [2.75, 3.05) is 30.8 Å². The first kappa shape index (κ1) is 23.2. The summed E-state index contributed by atoms with van der Waals surface area (Å²) in [5.74, 6) is 0.668. The van der Waals surface area contributed by atoms with Gasteiger partial charge in [0, 0.05) is 38.9 Å². The largest absolute Gasteiger partial charge is 0.371 e. The lowest BCUT2D eigenvalue weighted by Crippen LogP contribution is -2.29. The summed E-state index contributed by atoms with van der Waals surface area (Å²) >= 11 is 1.33. The lowest BCUT2D eigenvalue weighted by Gasteiger charge is -2.24. The molecule has 0 saturated carbocycles. The fourth-order valence-electron chi connectivity index (χ4n) is 4.61. The summed E-state index contributed by atoms with van der Waals surface area (Å²) in [5, 5.41) is 9.74. The smallest absolute Gasteiger partial charge is 0.263 e. The van der Waals surface area contributed by atoms with Gasteiger partial charge in [0.25, 0.3) is 5.56 Å². The molecule has 1 fully saturated rings. The van der Waals surface area contributed by atoms with Crippen molar-refractivity contribution in [3.63, 3.8) is 0 Å². The molecule has 8 nitrogen and oxygen atoms in total. The van der Waals surface area contributed by atoms with Gasteiger partial charge in [0.05, 0.1) is 16.7 Å². The van der Waals surface area contributed by atoms with Crippen molar-refractivity contribution in [1.29, 1.82) is 0 Å². The van der Waals surface area contributed by atoms with Gasteiger partial charge in [0.15, 0.2) is 5.16 Å². The highest BCUT2D eigenvalue weighted by molar-refractivity contribution is 7.99. The molecule has 2 aromatic carbocycles. The zero-order chi connectivity index (χ0) is 24.4. The predicted molar refractivity (Wildman–Crippen MR) is 140 cm³/mol. The van der Waals surface area contributed by atoms with Crippen molar-refractivity contribution in [2.45, 2.75) is 31.1 Å². The molecule has 0 bridgehead atoms. The Labute approximate surface area is 207 Å². The van der Waals surface area contributed by atoms with Crippen LogP contribution in [0.4, 0.5) is 5.69 Å². The van der Waals surface area contributed by atoms with E-state index in [9.17, 15) is 9.59 Å². The maximum atomic E-state index is 13.1. The van der Waals surface area contributed by atoms with Gasteiger partial charge >= 0.3 is 0 Å². The quantitative estimate of drug-likeness (QED) is 0.279. The van der Waals surface area contributed by atoms with Crippen LogP contribution in [-0.4, -0.2) is 55.9 Å². The highest BCUT2D eigenvalue weighted by Crippen LogP contribution is 2.26. The molecule has 2 aromatic heterocycles. The third-order valence-electron chi connectivity index (χ3n) is 6.39. The van der Waals surface area contributed by atoms with Crippen LogP contribution >= 0.6 is 11.8 Å². The molecule has 0 N–H and O–H groups in total. The predicted octanol–water partition coefficient (Wildman–Crippen LogP) is 3.58. The average Bonchev–Trinajstić information content (AvgIpc) is 3.56. The SMILES string of the molecule is C=CCn1c(=O)c2ccccc2n2c(SCC(=O)N(C)Cc3ccccc3N3CCCC3)nnc12. The zero-order valence-corrected chi connectivity index (χ0v) is 20.6.